The van der Waals surface area contributed by atoms with Gasteiger partial charge in [-0.25, -0.2) is 4.58 Å². The molecule has 4 heteroatoms. The number of hydrogen-bond acceptors (Lipinski definition) is 1. The summed E-state index contributed by atoms with van der Waals surface area (Å²) < 4.78 is 3.02. The Morgan fingerprint density at radius 1 is 1.10 bits per heavy atom. The van der Waals surface area contributed by atoms with Crippen molar-refractivity contribution in [2.75, 3.05) is 26.0 Å². The van der Waals surface area contributed by atoms with Gasteiger partial charge in [0.2, 0.25) is 0 Å². The molecule has 0 aromatic heterocycles. The fourth-order valence-electron chi connectivity index (χ4n) is 2.24. The van der Waals surface area contributed by atoms with Gasteiger partial charge >= 0.3 is 0 Å². The van der Waals surface area contributed by atoms with Crippen LogP contribution < -0.4 is 10.6 Å². The van der Waals surface area contributed by atoms with Gasteiger partial charge in [-0.15, -0.1) is 0 Å². The predicted molar refractivity (Wildman–Crippen MR) is 93.8 cm³/mol. The Bertz CT molecular complexity index is 653. The first-order valence-corrected chi connectivity index (χ1v) is 7.60. The molecule has 2 aromatic carbocycles. The fraction of sp³-hybridized carbons (Fsp3) is 0.235. The highest BCUT2D eigenvalue weighted by atomic mass is 79.9. The Kier molecular flexibility index (Phi) is 4.68. The summed E-state index contributed by atoms with van der Waals surface area (Å²) in [5.74, 6) is 0.734. The summed E-state index contributed by atoms with van der Waals surface area (Å²) in [6.07, 6.45) is 0. The van der Waals surface area contributed by atoms with Crippen molar-refractivity contribution in [2.24, 2.45) is 5.73 Å². The Hall–Kier alpha value is -1.81. The van der Waals surface area contributed by atoms with Crippen LogP contribution in [0.5, 0.6) is 0 Å². The minimum Gasteiger partial charge on any atom is -0.378 e. The summed E-state index contributed by atoms with van der Waals surface area (Å²) in [4.78, 5) is 2.08. The smallest absolute Gasteiger partial charge is 0.281 e. The number of rotatable bonds is 3. The molecule has 0 bridgehead atoms. The van der Waals surface area contributed by atoms with Gasteiger partial charge in [0.1, 0.15) is 5.69 Å². The van der Waals surface area contributed by atoms with Crippen molar-refractivity contribution in [3.8, 4) is 0 Å². The van der Waals surface area contributed by atoms with Crippen molar-refractivity contribution in [1.29, 1.82) is 0 Å². The van der Waals surface area contributed by atoms with E-state index >= 15 is 0 Å². The zero-order valence-corrected chi connectivity index (χ0v) is 14.5. The van der Waals surface area contributed by atoms with Crippen molar-refractivity contribution < 1.29 is 4.58 Å². The summed E-state index contributed by atoms with van der Waals surface area (Å²) in [7, 11) is 6.05. The Balaban J connectivity index is 2.47. The van der Waals surface area contributed by atoms with Gasteiger partial charge in [0.05, 0.1) is 12.6 Å². The molecule has 0 unspecified atom stereocenters. The van der Waals surface area contributed by atoms with Gasteiger partial charge in [-0.05, 0) is 58.7 Å². The molecule has 0 radical (unpaired) electrons. The number of amidine groups is 1. The number of aryl methyl sites for hydroxylation is 1. The summed E-state index contributed by atoms with van der Waals surface area (Å²) in [6, 6.07) is 14.4. The lowest BCUT2D eigenvalue weighted by Gasteiger charge is -2.13. The highest BCUT2D eigenvalue weighted by Crippen LogP contribution is 2.22. The topological polar surface area (TPSA) is 32.3 Å². The maximum Gasteiger partial charge on any atom is 0.281 e. The Labute approximate surface area is 134 Å². The molecule has 110 valence electrons. The van der Waals surface area contributed by atoms with Gasteiger partial charge in [0, 0.05) is 24.3 Å². The summed E-state index contributed by atoms with van der Waals surface area (Å²) >= 11 is 3.59. The third-order valence-corrected chi connectivity index (χ3v) is 4.25. The number of hydrogen-bond donors (Lipinski definition) is 1. The third kappa shape index (κ3) is 3.27. The number of benzene rings is 2. The summed E-state index contributed by atoms with van der Waals surface area (Å²) in [5, 5.41) is 0. The van der Waals surface area contributed by atoms with E-state index in [2.05, 4.69) is 58.1 Å². The van der Waals surface area contributed by atoms with Gasteiger partial charge < -0.3 is 4.90 Å². The molecule has 2 aromatic rings. The number of nitrogens with zero attached hydrogens (tertiary/aromatic N) is 2. The molecule has 2 N–H and O–H groups in total. The first-order chi connectivity index (χ1) is 9.91. The van der Waals surface area contributed by atoms with E-state index in [1.54, 1.807) is 0 Å². The van der Waals surface area contributed by atoms with Crippen LogP contribution in [-0.2, 0) is 0 Å². The first kappa shape index (κ1) is 15.6. The highest BCUT2D eigenvalue weighted by Gasteiger charge is 2.16. The molecule has 0 saturated carbocycles. The van der Waals surface area contributed by atoms with E-state index < -0.39 is 0 Å². The molecule has 0 fully saturated rings. The van der Waals surface area contributed by atoms with Crippen LogP contribution in [0.1, 0.15) is 11.1 Å². The van der Waals surface area contributed by atoms with Gasteiger partial charge in [-0.2, -0.15) is 0 Å². The van der Waals surface area contributed by atoms with E-state index in [1.807, 2.05) is 37.9 Å². The van der Waals surface area contributed by atoms with E-state index in [9.17, 15) is 0 Å². The molecule has 0 saturated heterocycles. The van der Waals surface area contributed by atoms with Crippen molar-refractivity contribution in [3.05, 3.63) is 58.1 Å². The van der Waals surface area contributed by atoms with Gasteiger partial charge in [0.15, 0.2) is 0 Å². The molecular formula is C17H21BrN3+. The molecule has 2 rings (SSSR count). The first-order valence-electron chi connectivity index (χ1n) is 6.81. The molecule has 0 aliphatic carbocycles. The molecular weight excluding hydrogens is 326 g/mol. The lowest BCUT2D eigenvalue weighted by molar-refractivity contribution is -0.405. The molecule has 3 nitrogen and oxygen atoms in total. The van der Waals surface area contributed by atoms with E-state index in [-0.39, 0.29) is 0 Å². The minimum atomic E-state index is 0.734. The van der Waals surface area contributed by atoms with Crippen LogP contribution in [0, 0.1) is 6.92 Å². The SMILES string of the molecule is Cc1cccc(Br)c1C(N)=[N+](C)c1ccc(N(C)C)cc1. The molecule has 0 heterocycles. The number of halogens is 1. The van der Waals surface area contributed by atoms with Crippen LogP contribution in [-0.4, -0.2) is 31.6 Å². The standard InChI is InChI=1S/C17H20BrN3/c1-12-6-5-7-15(18)16(12)17(19)21(4)14-10-8-13(9-11-14)20(2)3/h5-11,19H,1-4H3/p+1. The zero-order valence-electron chi connectivity index (χ0n) is 12.9. The molecule has 0 aliphatic rings. The van der Waals surface area contributed by atoms with Crippen molar-refractivity contribution in [3.63, 3.8) is 0 Å². The summed E-state index contributed by atoms with van der Waals surface area (Å²) in [6.45, 7) is 2.07. The average Bonchev–Trinajstić information content (AvgIpc) is 2.46. The molecule has 0 amide bonds. The monoisotopic (exact) mass is 346 g/mol. The van der Waals surface area contributed by atoms with E-state index in [4.69, 9.17) is 5.73 Å². The largest absolute Gasteiger partial charge is 0.378 e. The highest BCUT2D eigenvalue weighted by molar-refractivity contribution is 9.10. The average molecular weight is 347 g/mol. The Morgan fingerprint density at radius 3 is 2.24 bits per heavy atom. The lowest BCUT2D eigenvalue weighted by atomic mass is 10.1. The molecule has 0 spiro atoms. The van der Waals surface area contributed by atoms with Crippen LogP contribution >= 0.6 is 15.9 Å². The van der Waals surface area contributed by atoms with E-state index in [1.165, 1.54) is 5.69 Å². The van der Waals surface area contributed by atoms with Crippen molar-refractivity contribution >= 4 is 33.1 Å². The summed E-state index contributed by atoms with van der Waals surface area (Å²) in [5.41, 5.74) is 10.8. The van der Waals surface area contributed by atoms with E-state index in [0.29, 0.717) is 0 Å². The van der Waals surface area contributed by atoms with Crippen molar-refractivity contribution in [1.82, 2.24) is 0 Å². The Morgan fingerprint density at radius 2 is 1.71 bits per heavy atom. The molecule has 0 aliphatic heterocycles. The predicted octanol–water partition coefficient (Wildman–Crippen LogP) is 3.50. The second-order valence-electron chi connectivity index (χ2n) is 5.29. The second kappa shape index (κ2) is 6.31. The van der Waals surface area contributed by atoms with Crippen LogP contribution in [0.25, 0.3) is 0 Å². The number of anilines is 1. The zero-order chi connectivity index (χ0) is 15.6. The second-order valence-corrected chi connectivity index (χ2v) is 6.14. The minimum absolute atomic E-state index is 0.734. The van der Waals surface area contributed by atoms with Crippen LogP contribution in [0.15, 0.2) is 46.9 Å². The normalized spacial score (nSPS) is 12.0. The van der Waals surface area contributed by atoms with Crippen molar-refractivity contribution in [2.45, 2.75) is 6.92 Å². The third-order valence-electron chi connectivity index (χ3n) is 3.59. The van der Waals surface area contributed by atoms with E-state index in [0.717, 1.165) is 27.1 Å². The molecule has 0 atom stereocenters. The fourth-order valence-corrected chi connectivity index (χ4v) is 2.91. The maximum atomic E-state index is 6.37. The maximum absolute atomic E-state index is 6.37. The van der Waals surface area contributed by atoms with Gasteiger partial charge in [-0.3, -0.25) is 5.73 Å². The van der Waals surface area contributed by atoms with Gasteiger partial charge in [-0.1, -0.05) is 12.1 Å². The lowest BCUT2D eigenvalue weighted by Crippen LogP contribution is -2.25. The quantitative estimate of drug-likeness (QED) is 0.524. The van der Waals surface area contributed by atoms with Crippen LogP contribution in [0.4, 0.5) is 11.4 Å². The van der Waals surface area contributed by atoms with Crippen LogP contribution in [0.3, 0.4) is 0 Å². The molecule has 21 heavy (non-hydrogen) atoms. The van der Waals surface area contributed by atoms with Crippen LogP contribution in [0.2, 0.25) is 0 Å². The number of nitrogens with two attached hydrogens (primary N) is 1. The van der Waals surface area contributed by atoms with Gasteiger partial charge in [0.25, 0.3) is 5.84 Å².